The number of anilines is 1. The molecule has 1 N–H and O–H groups in total. The molecule has 3 aliphatic rings. The lowest BCUT2D eigenvalue weighted by atomic mass is 10.0. The molecule has 19 heavy (non-hydrogen) atoms. The lowest BCUT2D eigenvalue weighted by Gasteiger charge is -2.10. The van der Waals surface area contributed by atoms with Gasteiger partial charge in [0, 0.05) is 10.9 Å². The molecule has 4 rings (SSSR count). The van der Waals surface area contributed by atoms with Crippen LogP contribution < -0.4 is 5.32 Å². The average Bonchev–Trinajstić information content (AvgIpc) is 2.82. The Morgan fingerprint density at radius 2 is 1.84 bits per heavy atom. The minimum atomic E-state index is 0.149. The fourth-order valence-corrected chi connectivity index (χ4v) is 4.94. The lowest BCUT2D eigenvalue weighted by Crippen LogP contribution is -2.18. The second-order valence-electron chi connectivity index (χ2n) is 6.13. The molecule has 0 heterocycles. The molecule has 3 fully saturated rings. The fourth-order valence-electron chi connectivity index (χ4n) is 4.48. The van der Waals surface area contributed by atoms with Crippen molar-refractivity contribution in [3.05, 3.63) is 28.2 Å². The van der Waals surface area contributed by atoms with Gasteiger partial charge in [0.15, 0.2) is 0 Å². The van der Waals surface area contributed by atoms with Crippen LogP contribution in [-0.2, 0) is 4.79 Å². The Balaban J connectivity index is 1.48. The highest BCUT2D eigenvalue weighted by Gasteiger charge is 2.67. The number of carbonyl (C=O) groups is 1. The number of hydrogen-bond donors (Lipinski definition) is 1. The van der Waals surface area contributed by atoms with Crippen LogP contribution in [0.1, 0.15) is 19.3 Å². The third kappa shape index (κ3) is 1.80. The molecule has 0 saturated heterocycles. The normalized spacial score (nSPS) is 38.1. The van der Waals surface area contributed by atoms with Gasteiger partial charge < -0.3 is 5.32 Å². The van der Waals surface area contributed by atoms with Crippen LogP contribution in [-0.4, -0.2) is 5.91 Å². The monoisotopic (exact) mass is 295 g/mol. The molecular formula is C15H15Cl2NO. The van der Waals surface area contributed by atoms with E-state index in [9.17, 15) is 4.79 Å². The average molecular weight is 296 g/mol. The van der Waals surface area contributed by atoms with E-state index in [1.807, 2.05) is 0 Å². The Morgan fingerprint density at radius 3 is 2.47 bits per heavy atom. The van der Waals surface area contributed by atoms with Crippen molar-refractivity contribution >= 4 is 34.8 Å². The fraction of sp³-hybridized carbons (Fsp3) is 0.533. The lowest BCUT2D eigenvalue weighted by molar-refractivity contribution is -0.118. The van der Waals surface area contributed by atoms with Gasteiger partial charge in [-0.2, -0.15) is 0 Å². The second kappa shape index (κ2) is 4.13. The molecule has 1 aromatic carbocycles. The van der Waals surface area contributed by atoms with Crippen molar-refractivity contribution in [3.63, 3.8) is 0 Å². The smallest absolute Gasteiger partial charge is 0.228 e. The van der Waals surface area contributed by atoms with Crippen molar-refractivity contribution in [1.29, 1.82) is 0 Å². The highest BCUT2D eigenvalue weighted by molar-refractivity contribution is 6.36. The van der Waals surface area contributed by atoms with Gasteiger partial charge >= 0.3 is 0 Å². The highest BCUT2D eigenvalue weighted by atomic mass is 35.5. The number of carbonyl (C=O) groups excluding carboxylic acids is 1. The summed E-state index contributed by atoms with van der Waals surface area (Å²) in [5.74, 6) is 3.32. The van der Waals surface area contributed by atoms with Crippen LogP contribution in [0.25, 0.3) is 0 Å². The first-order chi connectivity index (χ1) is 9.15. The van der Waals surface area contributed by atoms with Crippen LogP contribution >= 0.6 is 23.2 Å². The first kappa shape index (κ1) is 12.0. The van der Waals surface area contributed by atoms with Crippen molar-refractivity contribution in [2.24, 2.45) is 29.6 Å². The van der Waals surface area contributed by atoms with Crippen LogP contribution in [0.5, 0.6) is 0 Å². The Hall–Kier alpha value is -0.730. The van der Waals surface area contributed by atoms with Crippen LogP contribution in [0.4, 0.5) is 5.69 Å². The third-order valence-corrected chi connectivity index (χ3v) is 5.77. The van der Waals surface area contributed by atoms with Gasteiger partial charge in [0.2, 0.25) is 5.91 Å². The predicted molar refractivity (Wildman–Crippen MR) is 76.4 cm³/mol. The molecule has 1 amide bonds. The maximum atomic E-state index is 12.3. The summed E-state index contributed by atoms with van der Waals surface area (Å²) < 4.78 is 0. The van der Waals surface area contributed by atoms with Gasteiger partial charge in [-0.25, -0.2) is 0 Å². The largest absolute Gasteiger partial charge is 0.325 e. The zero-order chi connectivity index (χ0) is 13.1. The molecule has 0 spiro atoms. The molecule has 3 aliphatic carbocycles. The highest BCUT2D eigenvalue weighted by Crippen LogP contribution is 2.69. The first-order valence-corrected chi connectivity index (χ1v) is 7.66. The van der Waals surface area contributed by atoms with Gasteiger partial charge in [0.05, 0.1) is 10.7 Å². The van der Waals surface area contributed by atoms with E-state index in [-0.39, 0.29) is 11.8 Å². The number of hydrogen-bond acceptors (Lipinski definition) is 1. The van der Waals surface area contributed by atoms with Crippen molar-refractivity contribution in [2.45, 2.75) is 19.3 Å². The molecule has 4 heteroatoms. The van der Waals surface area contributed by atoms with E-state index in [1.54, 1.807) is 18.2 Å². The SMILES string of the molecule is O=C(Nc1ccc(Cl)cc1Cl)C1[C@@H]2[C@H]3CC[C@@H](C3)[C@H]12. The maximum Gasteiger partial charge on any atom is 0.228 e. The van der Waals surface area contributed by atoms with E-state index in [2.05, 4.69) is 5.32 Å². The van der Waals surface area contributed by atoms with E-state index in [4.69, 9.17) is 23.2 Å². The molecule has 2 nitrogen and oxygen atoms in total. The summed E-state index contributed by atoms with van der Waals surface area (Å²) in [6.07, 6.45) is 4.02. The Kier molecular flexibility index (Phi) is 2.62. The Morgan fingerprint density at radius 1 is 1.16 bits per heavy atom. The van der Waals surface area contributed by atoms with Crippen LogP contribution in [0.2, 0.25) is 10.0 Å². The summed E-state index contributed by atoms with van der Waals surface area (Å²) in [7, 11) is 0. The third-order valence-electron chi connectivity index (χ3n) is 5.23. The number of amides is 1. The predicted octanol–water partition coefficient (Wildman–Crippen LogP) is 4.22. The zero-order valence-electron chi connectivity index (χ0n) is 10.4. The molecule has 2 bridgehead atoms. The molecule has 5 atom stereocenters. The van der Waals surface area contributed by atoms with E-state index < -0.39 is 0 Å². The zero-order valence-corrected chi connectivity index (χ0v) is 11.9. The van der Waals surface area contributed by atoms with Crippen LogP contribution in [0, 0.1) is 29.6 Å². The summed E-state index contributed by atoms with van der Waals surface area (Å²) in [6, 6.07) is 5.19. The van der Waals surface area contributed by atoms with Gasteiger partial charge in [0.1, 0.15) is 0 Å². The molecule has 0 radical (unpaired) electrons. The van der Waals surface area contributed by atoms with Crippen molar-refractivity contribution in [3.8, 4) is 0 Å². The number of benzene rings is 1. The maximum absolute atomic E-state index is 12.3. The van der Waals surface area contributed by atoms with Crippen molar-refractivity contribution in [1.82, 2.24) is 0 Å². The molecular weight excluding hydrogens is 281 g/mol. The summed E-state index contributed by atoms with van der Waals surface area (Å²) >= 11 is 11.9. The van der Waals surface area contributed by atoms with Crippen LogP contribution in [0.3, 0.4) is 0 Å². The Labute approximate surface area is 122 Å². The standard InChI is InChI=1S/C15H15Cl2NO/c16-9-3-4-11(10(17)6-9)18-15(19)14-12-7-1-2-8(5-7)13(12)14/h3-4,6-8,12-14H,1-2,5H2,(H,18,19)/t7-,8-,12-,13+,14?/m0/s1. The van der Waals surface area contributed by atoms with Gasteiger partial charge in [-0.3, -0.25) is 4.79 Å². The van der Waals surface area contributed by atoms with Crippen molar-refractivity contribution < 1.29 is 4.79 Å². The van der Waals surface area contributed by atoms with Gasteiger partial charge in [-0.05, 0) is 61.1 Å². The minimum absolute atomic E-state index is 0.149. The van der Waals surface area contributed by atoms with Gasteiger partial charge in [-0.15, -0.1) is 0 Å². The van der Waals surface area contributed by atoms with Gasteiger partial charge in [0.25, 0.3) is 0 Å². The molecule has 100 valence electrons. The number of rotatable bonds is 2. The summed E-state index contributed by atoms with van der Waals surface area (Å²) in [6.45, 7) is 0. The van der Waals surface area contributed by atoms with Gasteiger partial charge in [-0.1, -0.05) is 23.2 Å². The molecule has 1 aromatic rings. The minimum Gasteiger partial charge on any atom is -0.325 e. The van der Waals surface area contributed by atoms with E-state index in [1.165, 1.54) is 19.3 Å². The van der Waals surface area contributed by atoms with Crippen LogP contribution in [0.15, 0.2) is 18.2 Å². The summed E-state index contributed by atoms with van der Waals surface area (Å²) in [4.78, 5) is 12.3. The molecule has 0 aliphatic heterocycles. The first-order valence-electron chi connectivity index (χ1n) is 6.91. The van der Waals surface area contributed by atoms with Crippen molar-refractivity contribution in [2.75, 3.05) is 5.32 Å². The molecule has 0 aromatic heterocycles. The second-order valence-corrected chi connectivity index (χ2v) is 6.97. The Bertz CT molecular complexity index is 543. The number of halogens is 2. The van der Waals surface area contributed by atoms with E-state index in [0.717, 1.165) is 11.8 Å². The molecule has 1 unspecified atom stereocenters. The number of nitrogens with one attached hydrogen (secondary N) is 1. The topological polar surface area (TPSA) is 29.1 Å². The number of fused-ring (bicyclic) bond motifs is 5. The van der Waals surface area contributed by atoms with E-state index in [0.29, 0.717) is 27.6 Å². The quantitative estimate of drug-likeness (QED) is 0.869. The molecule has 3 saturated carbocycles. The summed E-state index contributed by atoms with van der Waals surface area (Å²) in [5.41, 5.74) is 0.674. The summed E-state index contributed by atoms with van der Waals surface area (Å²) in [5, 5.41) is 4.06. The van der Waals surface area contributed by atoms with E-state index >= 15 is 0 Å².